The minimum Gasteiger partial charge on any atom is -0.349 e. The van der Waals surface area contributed by atoms with Crippen LogP contribution in [0.5, 0.6) is 0 Å². The molecule has 6 nitrogen and oxygen atoms in total. The molecular weight excluding hydrogens is 384 g/mol. The number of rotatable bonds is 3. The van der Waals surface area contributed by atoms with Gasteiger partial charge in [0.05, 0.1) is 23.5 Å². The summed E-state index contributed by atoms with van der Waals surface area (Å²) in [4.78, 5) is 15.0. The molecule has 0 aliphatic carbocycles. The van der Waals surface area contributed by atoms with Crippen LogP contribution in [-0.4, -0.2) is 51.5 Å². The standard InChI is InChI=1S/C25H32N6/c1-17-6-5-13-27-25(17)22-8-3-7-21(29(22)2)20-16-30-23(28-20)9-4-10-24(30)31-18-11-12-19(31)15-26-14-18/h4-6,9-10,13,16,18-19,21-22,26H,3,7-8,11-12,14-15H2,1-2H3/t18?,19?,21-,22+/m1/s1. The summed E-state index contributed by atoms with van der Waals surface area (Å²) in [6, 6.07) is 12.7. The van der Waals surface area contributed by atoms with Crippen LogP contribution >= 0.6 is 0 Å². The number of fused-ring (bicyclic) bond motifs is 3. The van der Waals surface area contributed by atoms with Gasteiger partial charge in [0, 0.05) is 37.6 Å². The first-order valence-electron chi connectivity index (χ1n) is 11.8. The number of nitrogens with zero attached hydrogens (tertiary/aromatic N) is 5. The molecule has 0 aromatic carbocycles. The lowest BCUT2D eigenvalue weighted by Crippen LogP contribution is -2.52. The topological polar surface area (TPSA) is 48.7 Å². The van der Waals surface area contributed by atoms with Crippen LogP contribution in [0.15, 0.2) is 42.7 Å². The van der Waals surface area contributed by atoms with Gasteiger partial charge in [-0.15, -0.1) is 0 Å². The van der Waals surface area contributed by atoms with Gasteiger partial charge in [0.1, 0.15) is 11.5 Å². The Morgan fingerprint density at radius 2 is 1.77 bits per heavy atom. The maximum absolute atomic E-state index is 5.12. The highest BCUT2D eigenvalue weighted by Gasteiger charge is 2.38. The fourth-order valence-electron chi connectivity index (χ4n) is 6.20. The van der Waals surface area contributed by atoms with E-state index in [1.165, 1.54) is 42.0 Å². The minimum atomic E-state index is 0.327. The lowest BCUT2D eigenvalue weighted by Gasteiger charge is -2.39. The second kappa shape index (κ2) is 7.61. The molecule has 31 heavy (non-hydrogen) atoms. The van der Waals surface area contributed by atoms with Gasteiger partial charge in [0.25, 0.3) is 0 Å². The SMILES string of the molecule is Cc1cccnc1[C@@H]1CCC[C@H](c2cn3c(N4C5CCC4CNC5)cccc3n2)N1C. The first-order valence-corrected chi connectivity index (χ1v) is 11.8. The summed E-state index contributed by atoms with van der Waals surface area (Å²) < 4.78 is 2.34. The zero-order valence-corrected chi connectivity index (χ0v) is 18.5. The lowest BCUT2D eigenvalue weighted by atomic mass is 9.91. The number of imidazole rings is 1. The molecule has 162 valence electrons. The molecule has 3 aromatic rings. The van der Waals surface area contributed by atoms with Crippen molar-refractivity contribution in [2.45, 2.75) is 63.2 Å². The van der Waals surface area contributed by atoms with Gasteiger partial charge in [0.2, 0.25) is 0 Å². The number of piperazine rings is 1. The Morgan fingerprint density at radius 3 is 2.58 bits per heavy atom. The molecule has 3 aromatic heterocycles. The Kier molecular flexibility index (Phi) is 4.73. The van der Waals surface area contributed by atoms with E-state index in [4.69, 9.17) is 9.97 Å². The summed E-state index contributed by atoms with van der Waals surface area (Å²) in [5.41, 5.74) is 4.76. The van der Waals surface area contributed by atoms with E-state index in [0.29, 0.717) is 24.2 Å². The Bertz CT molecular complexity index is 1070. The highest BCUT2D eigenvalue weighted by molar-refractivity contribution is 5.55. The second-order valence-electron chi connectivity index (χ2n) is 9.56. The van der Waals surface area contributed by atoms with E-state index in [0.717, 1.165) is 31.6 Å². The molecule has 3 aliphatic rings. The van der Waals surface area contributed by atoms with Crippen LogP contribution in [0.25, 0.3) is 5.65 Å². The molecule has 3 saturated heterocycles. The number of pyridine rings is 2. The van der Waals surface area contributed by atoms with Crippen molar-refractivity contribution >= 4 is 11.5 Å². The fraction of sp³-hybridized carbons (Fsp3) is 0.520. The maximum Gasteiger partial charge on any atom is 0.138 e. The van der Waals surface area contributed by atoms with E-state index < -0.39 is 0 Å². The van der Waals surface area contributed by atoms with Crippen LogP contribution in [0.4, 0.5) is 5.82 Å². The smallest absolute Gasteiger partial charge is 0.138 e. The zero-order chi connectivity index (χ0) is 20.9. The van der Waals surface area contributed by atoms with E-state index in [-0.39, 0.29) is 0 Å². The van der Waals surface area contributed by atoms with E-state index in [1.54, 1.807) is 0 Å². The summed E-state index contributed by atoms with van der Waals surface area (Å²) in [6.07, 6.45) is 10.3. The number of nitrogens with one attached hydrogen (secondary N) is 1. The molecule has 2 bridgehead atoms. The Labute approximate surface area is 184 Å². The predicted molar refractivity (Wildman–Crippen MR) is 123 cm³/mol. The lowest BCUT2D eigenvalue weighted by molar-refractivity contribution is 0.109. The highest BCUT2D eigenvalue weighted by atomic mass is 15.3. The van der Waals surface area contributed by atoms with Crippen molar-refractivity contribution in [2.75, 3.05) is 25.0 Å². The average Bonchev–Trinajstić information content (AvgIpc) is 3.32. The van der Waals surface area contributed by atoms with E-state index >= 15 is 0 Å². The second-order valence-corrected chi connectivity index (χ2v) is 9.56. The summed E-state index contributed by atoms with van der Waals surface area (Å²) in [5.74, 6) is 1.31. The van der Waals surface area contributed by atoms with Crippen LogP contribution in [0.3, 0.4) is 0 Å². The summed E-state index contributed by atoms with van der Waals surface area (Å²) in [6.45, 7) is 4.36. The molecule has 0 spiro atoms. The molecule has 4 atom stereocenters. The van der Waals surface area contributed by atoms with Gasteiger partial charge in [-0.25, -0.2) is 4.98 Å². The number of anilines is 1. The number of piperidine rings is 1. The van der Waals surface area contributed by atoms with Crippen LogP contribution in [0.2, 0.25) is 0 Å². The monoisotopic (exact) mass is 416 g/mol. The van der Waals surface area contributed by atoms with Crippen LogP contribution in [0.1, 0.15) is 61.1 Å². The molecular formula is C25H32N6. The van der Waals surface area contributed by atoms with Crippen molar-refractivity contribution in [3.8, 4) is 0 Å². The van der Waals surface area contributed by atoms with E-state index in [1.807, 2.05) is 12.3 Å². The largest absolute Gasteiger partial charge is 0.349 e. The van der Waals surface area contributed by atoms with E-state index in [9.17, 15) is 0 Å². The minimum absolute atomic E-state index is 0.327. The average molecular weight is 417 g/mol. The van der Waals surface area contributed by atoms with Gasteiger partial charge in [0.15, 0.2) is 0 Å². The molecule has 6 rings (SSSR count). The first kappa shape index (κ1) is 19.3. The number of hydrogen-bond donors (Lipinski definition) is 1. The normalized spacial score (nSPS) is 29.0. The molecule has 1 N–H and O–H groups in total. The summed E-state index contributed by atoms with van der Waals surface area (Å²) in [7, 11) is 2.25. The third-order valence-electron chi connectivity index (χ3n) is 7.78. The van der Waals surface area contributed by atoms with Gasteiger partial charge in [-0.1, -0.05) is 12.1 Å². The van der Waals surface area contributed by atoms with Crippen molar-refractivity contribution in [1.82, 2.24) is 24.6 Å². The third kappa shape index (κ3) is 3.15. The number of likely N-dealkylation sites (tertiary alicyclic amines) is 1. The molecule has 0 radical (unpaired) electrons. The Morgan fingerprint density at radius 1 is 0.968 bits per heavy atom. The van der Waals surface area contributed by atoms with Crippen LogP contribution in [-0.2, 0) is 0 Å². The van der Waals surface area contributed by atoms with Gasteiger partial charge in [-0.2, -0.15) is 0 Å². The Balaban J connectivity index is 1.35. The number of hydrogen-bond acceptors (Lipinski definition) is 5. The van der Waals surface area contributed by atoms with Crippen molar-refractivity contribution in [2.24, 2.45) is 0 Å². The van der Waals surface area contributed by atoms with E-state index in [2.05, 4.69) is 64.0 Å². The first-order chi connectivity index (χ1) is 15.2. The highest BCUT2D eigenvalue weighted by Crippen LogP contribution is 2.41. The molecule has 0 amide bonds. The maximum atomic E-state index is 5.12. The van der Waals surface area contributed by atoms with Crippen molar-refractivity contribution in [3.05, 3.63) is 59.7 Å². The van der Waals surface area contributed by atoms with Gasteiger partial charge in [-0.05, 0) is 69.8 Å². The third-order valence-corrected chi connectivity index (χ3v) is 7.78. The van der Waals surface area contributed by atoms with Crippen molar-refractivity contribution in [3.63, 3.8) is 0 Å². The van der Waals surface area contributed by atoms with Gasteiger partial charge in [-0.3, -0.25) is 14.3 Å². The fourth-order valence-corrected chi connectivity index (χ4v) is 6.20. The summed E-state index contributed by atoms with van der Waals surface area (Å²) >= 11 is 0. The van der Waals surface area contributed by atoms with Crippen LogP contribution < -0.4 is 10.2 Å². The predicted octanol–water partition coefficient (Wildman–Crippen LogP) is 3.88. The zero-order valence-electron chi connectivity index (χ0n) is 18.5. The molecule has 0 saturated carbocycles. The molecule has 3 aliphatic heterocycles. The van der Waals surface area contributed by atoms with Crippen molar-refractivity contribution < 1.29 is 0 Å². The van der Waals surface area contributed by atoms with Gasteiger partial charge < -0.3 is 10.2 Å². The van der Waals surface area contributed by atoms with Crippen LogP contribution in [0, 0.1) is 6.92 Å². The van der Waals surface area contributed by atoms with Crippen molar-refractivity contribution in [1.29, 1.82) is 0 Å². The number of aromatic nitrogens is 3. The molecule has 3 fully saturated rings. The Hall–Kier alpha value is -2.44. The molecule has 6 heteroatoms. The quantitative estimate of drug-likeness (QED) is 0.702. The molecule has 6 heterocycles. The molecule has 2 unspecified atom stereocenters. The summed E-state index contributed by atoms with van der Waals surface area (Å²) in [5, 5.41) is 3.60. The van der Waals surface area contributed by atoms with Gasteiger partial charge >= 0.3 is 0 Å². The number of aryl methyl sites for hydroxylation is 1.